The number of nitrogens with one attached hydrogen (secondary N) is 2. The van der Waals surface area contributed by atoms with E-state index in [0.717, 1.165) is 4.68 Å². The summed E-state index contributed by atoms with van der Waals surface area (Å²) in [6.45, 7) is -0.572. The molecule has 2 heterocycles. The van der Waals surface area contributed by atoms with E-state index in [0.29, 0.717) is 10.9 Å². The number of aromatic nitrogens is 4. The number of aromatic hydroxyl groups is 1. The molecule has 0 radical (unpaired) electrons. The Morgan fingerprint density at radius 1 is 1.45 bits per heavy atom. The molecule has 0 spiro atoms. The normalized spacial score (nSPS) is 11.2. The number of benzene rings is 1. The Morgan fingerprint density at radius 3 is 3.05 bits per heavy atom. The molecule has 0 fully saturated rings. The Morgan fingerprint density at radius 2 is 2.27 bits per heavy atom. The minimum atomic E-state index is -2.54. The number of amides is 1. The number of hydrogen-bond acceptors (Lipinski definition) is 4. The monoisotopic (exact) mass is 307 g/mol. The van der Waals surface area contributed by atoms with E-state index in [1.54, 1.807) is 6.07 Å². The van der Waals surface area contributed by atoms with Gasteiger partial charge in [-0.1, -0.05) is 0 Å². The van der Waals surface area contributed by atoms with Gasteiger partial charge in [0.25, 0.3) is 12.3 Å². The fourth-order valence-corrected chi connectivity index (χ4v) is 2.00. The fraction of sp³-hybridized carbons (Fsp3) is 0.154. The first-order valence-corrected chi connectivity index (χ1v) is 6.32. The van der Waals surface area contributed by atoms with Crippen molar-refractivity contribution in [3.8, 4) is 5.75 Å². The molecule has 7 nitrogen and oxygen atoms in total. The van der Waals surface area contributed by atoms with E-state index in [1.807, 2.05) is 0 Å². The summed E-state index contributed by atoms with van der Waals surface area (Å²) in [5, 5.41) is 22.9. The second-order valence-electron chi connectivity index (χ2n) is 4.60. The number of phenols is 1. The van der Waals surface area contributed by atoms with Crippen molar-refractivity contribution in [1.29, 1.82) is 0 Å². The number of nitrogens with zero attached hydrogens (tertiary/aromatic N) is 3. The molecule has 0 aliphatic rings. The van der Waals surface area contributed by atoms with Gasteiger partial charge in [-0.05, 0) is 12.1 Å². The molecular weight excluding hydrogens is 296 g/mol. The standard InChI is InChI=1S/C13H11F2N5O2/c14-11(15)6-20-5-7(4-16-20)13(22)17-12-9-2-1-8(21)3-10(9)18-19-12/h1-5,11,21H,6H2,(H2,17,18,19,22). The predicted molar refractivity (Wildman–Crippen MR) is 73.9 cm³/mol. The molecule has 1 amide bonds. The first kappa shape index (κ1) is 14.0. The zero-order chi connectivity index (χ0) is 15.7. The third-order valence-corrected chi connectivity index (χ3v) is 3.00. The van der Waals surface area contributed by atoms with Crippen molar-refractivity contribution < 1.29 is 18.7 Å². The van der Waals surface area contributed by atoms with Crippen LogP contribution in [0.1, 0.15) is 10.4 Å². The van der Waals surface area contributed by atoms with Crippen molar-refractivity contribution in [2.45, 2.75) is 13.0 Å². The molecule has 3 aromatic rings. The van der Waals surface area contributed by atoms with Crippen molar-refractivity contribution in [2.75, 3.05) is 5.32 Å². The molecule has 9 heteroatoms. The van der Waals surface area contributed by atoms with E-state index >= 15 is 0 Å². The number of fused-ring (bicyclic) bond motifs is 1. The minimum absolute atomic E-state index is 0.0716. The van der Waals surface area contributed by atoms with Gasteiger partial charge in [-0.3, -0.25) is 14.6 Å². The van der Waals surface area contributed by atoms with Crippen LogP contribution in [0.3, 0.4) is 0 Å². The molecule has 0 saturated carbocycles. The van der Waals surface area contributed by atoms with Crippen LogP contribution >= 0.6 is 0 Å². The SMILES string of the molecule is O=C(Nc1n[nH]c2cc(O)ccc12)c1cnn(CC(F)F)c1. The van der Waals surface area contributed by atoms with E-state index in [1.165, 1.54) is 24.5 Å². The van der Waals surface area contributed by atoms with Crippen LogP contribution in [0.5, 0.6) is 5.75 Å². The van der Waals surface area contributed by atoms with Crippen LogP contribution in [0.25, 0.3) is 10.9 Å². The Hall–Kier alpha value is -2.97. The number of alkyl halides is 2. The van der Waals surface area contributed by atoms with Gasteiger partial charge in [-0.2, -0.15) is 10.2 Å². The van der Waals surface area contributed by atoms with E-state index in [2.05, 4.69) is 20.6 Å². The van der Waals surface area contributed by atoms with Gasteiger partial charge in [-0.15, -0.1) is 0 Å². The van der Waals surface area contributed by atoms with Gasteiger partial charge in [0.2, 0.25) is 0 Å². The highest BCUT2D eigenvalue weighted by Crippen LogP contribution is 2.24. The Kier molecular flexibility index (Phi) is 3.45. The smallest absolute Gasteiger partial charge is 0.260 e. The molecule has 3 N–H and O–H groups in total. The third kappa shape index (κ3) is 2.73. The van der Waals surface area contributed by atoms with Crippen LogP contribution < -0.4 is 5.32 Å². The number of anilines is 1. The quantitative estimate of drug-likeness (QED) is 0.686. The van der Waals surface area contributed by atoms with Crippen LogP contribution in [0.15, 0.2) is 30.6 Å². The summed E-state index contributed by atoms with van der Waals surface area (Å²) in [7, 11) is 0. The highest BCUT2D eigenvalue weighted by Gasteiger charge is 2.14. The maximum absolute atomic E-state index is 12.2. The lowest BCUT2D eigenvalue weighted by atomic mass is 10.2. The second-order valence-corrected chi connectivity index (χ2v) is 4.60. The summed E-state index contributed by atoms with van der Waals surface area (Å²) in [6, 6.07) is 4.54. The van der Waals surface area contributed by atoms with Gasteiger partial charge in [0.15, 0.2) is 5.82 Å². The van der Waals surface area contributed by atoms with Crippen LogP contribution in [0, 0.1) is 0 Å². The van der Waals surface area contributed by atoms with Crippen LogP contribution in [-0.2, 0) is 6.54 Å². The average molecular weight is 307 g/mol. The summed E-state index contributed by atoms with van der Waals surface area (Å²) in [5.41, 5.74) is 0.708. The van der Waals surface area contributed by atoms with E-state index < -0.39 is 18.9 Å². The molecule has 0 unspecified atom stereocenters. The summed E-state index contributed by atoms with van der Waals surface area (Å²) >= 11 is 0. The Balaban J connectivity index is 1.79. The summed E-state index contributed by atoms with van der Waals surface area (Å²) in [5.74, 6) is -0.161. The summed E-state index contributed by atoms with van der Waals surface area (Å²) in [6.07, 6.45) is -0.0978. The summed E-state index contributed by atoms with van der Waals surface area (Å²) in [4.78, 5) is 12.1. The zero-order valence-electron chi connectivity index (χ0n) is 11.1. The number of H-pyrrole nitrogens is 1. The summed E-state index contributed by atoms with van der Waals surface area (Å²) < 4.78 is 25.5. The van der Waals surface area contributed by atoms with E-state index in [9.17, 15) is 18.7 Å². The highest BCUT2D eigenvalue weighted by atomic mass is 19.3. The maximum Gasteiger partial charge on any atom is 0.260 e. The van der Waals surface area contributed by atoms with Gasteiger partial charge < -0.3 is 10.4 Å². The Labute approximate surface area is 122 Å². The van der Waals surface area contributed by atoms with Gasteiger partial charge in [-0.25, -0.2) is 8.78 Å². The molecule has 114 valence electrons. The van der Waals surface area contributed by atoms with Crippen LogP contribution in [0.2, 0.25) is 0 Å². The lowest BCUT2D eigenvalue weighted by molar-refractivity contribution is 0.102. The molecule has 0 aliphatic carbocycles. The molecule has 0 aliphatic heterocycles. The first-order valence-electron chi connectivity index (χ1n) is 6.32. The molecule has 0 saturated heterocycles. The molecule has 22 heavy (non-hydrogen) atoms. The van der Waals surface area contributed by atoms with Crippen molar-refractivity contribution in [1.82, 2.24) is 20.0 Å². The number of carbonyl (C=O) groups excluding carboxylic acids is 1. The topological polar surface area (TPSA) is 95.8 Å². The molecule has 0 bridgehead atoms. The number of rotatable bonds is 4. The van der Waals surface area contributed by atoms with E-state index in [-0.39, 0.29) is 17.1 Å². The molecular formula is C13H11F2N5O2. The molecule has 0 atom stereocenters. The first-order chi connectivity index (χ1) is 10.5. The van der Waals surface area contributed by atoms with Crippen molar-refractivity contribution >= 4 is 22.6 Å². The lowest BCUT2D eigenvalue weighted by Gasteiger charge is -2.00. The highest BCUT2D eigenvalue weighted by molar-refractivity contribution is 6.07. The van der Waals surface area contributed by atoms with Crippen LogP contribution in [0.4, 0.5) is 14.6 Å². The van der Waals surface area contributed by atoms with Gasteiger partial charge in [0, 0.05) is 17.6 Å². The fourth-order valence-electron chi connectivity index (χ4n) is 2.00. The number of carbonyl (C=O) groups is 1. The number of hydrogen-bond donors (Lipinski definition) is 3. The molecule has 2 aromatic heterocycles. The molecule has 3 rings (SSSR count). The Bertz CT molecular complexity index is 827. The third-order valence-electron chi connectivity index (χ3n) is 3.00. The van der Waals surface area contributed by atoms with Gasteiger partial charge in [0.1, 0.15) is 12.3 Å². The lowest BCUT2D eigenvalue weighted by Crippen LogP contribution is -2.12. The van der Waals surface area contributed by atoms with Gasteiger partial charge >= 0.3 is 0 Å². The average Bonchev–Trinajstić information content (AvgIpc) is 3.05. The van der Waals surface area contributed by atoms with Crippen LogP contribution in [-0.4, -0.2) is 37.4 Å². The predicted octanol–water partition coefficient (Wildman–Crippen LogP) is 1.98. The minimum Gasteiger partial charge on any atom is -0.508 e. The van der Waals surface area contributed by atoms with Crippen molar-refractivity contribution in [2.24, 2.45) is 0 Å². The zero-order valence-corrected chi connectivity index (χ0v) is 11.1. The number of aromatic amines is 1. The second kappa shape index (κ2) is 5.43. The molecule has 1 aromatic carbocycles. The number of phenolic OH excluding ortho intramolecular Hbond substituents is 1. The number of halogens is 2. The van der Waals surface area contributed by atoms with Gasteiger partial charge in [0.05, 0.1) is 17.3 Å². The largest absolute Gasteiger partial charge is 0.508 e. The van der Waals surface area contributed by atoms with Crippen molar-refractivity contribution in [3.05, 3.63) is 36.2 Å². The maximum atomic E-state index is 12.2. The van der Waals surface area contributed by atoms with E-state index in [4.69, 9.17) is 0 Å². The van der Waals surface area contributed by atoms with Crippen molar-refractivity contribution in [3.63, 3.8) is 0 Å².